The van der Waals surface area contributed by atoms with Gasteiger partial charge in [0, 0.05) is 12.2 Å². The van der Waals surface area contributed by atoms with E-state index in [2.05, 4.69) is 5.32 Å². The molecular formula is C13H19N3O3S. The molecule has 1 aliphatic heterocycles. The predicted molar refractivity (Wildman–Crippen MR) is 79.1 cm³/mol. The zero-order valence-electron chi connectivity index (χ0n) is 11.4. The van der Waals surface area contributed by atoms with Gasteiger partial charge >= 0.3 is 0 Å². The van der Waals surface area contributed by atoms with Crippen LogP contribution >= 0.6 is 0 Å². The molecule has 1 fully saturated rings. The van der Waals surface area contributed by atoms with E-state index in [-0.39, 0.29) is 11.7 Å². The van der Waals surface area contributed by atoms with Crippen LogP contribution in [0.5, 0.6) is 0 Å². The molecule has 2 rings (SSSR count). The van der Waals surface area contributed by atoms with Crippen molar-refractivity contribution in [3.63, 3.8) is 0 Å². The highest BCUT2D eigenvalue weighted by molar-refractivity contribution is 7.92. The number of nitrogens with one attached hydrogen (secondary N) is 1. The lowest BCUT2D eigenvalue weighted by atomic mass is 10.2. The average Bonchev–Trinajstić information content (AvgIpc) is 2.39. The third-order valence-corrected chi connectivity index (χ3v) is 5.06. The van der Waals surface area contributed by atoms with Gasteiger partial charge in [-0.3, -0.25) is 9.10 Å². The monoisotopic (exact) mass is 297 g/mol. The fourth-order valence-electron chi connectivity index (χ4n) is 2.05. The van der Waals surface area contributed by atoms with Gasteiger partial charge in [-0.15, -0.1) is 0 Å². The molecule has 1 aromatic rings. The number of hydrogen-bond acceptors (Lipinski definition) is 4. The number of nitrogens with two attached hydrogens (primary N) is 1. The van der Waals surface area contributed by atoms with Crippen molar-refractivity contribution in [3.05, 3.63) is 24.3 Å². The Balaban J connectivity index is 2.14. The second-order valence-corrected chi connectivity index (χ2v) is 6.93. The molecule has 1 aromatic carbocycles. The number of amides is 1. The Labute approximate surface area is 119 Å². The molecule has 7 heteroatoms. The lowest BCUT2D eigenvalue weighted by Crippen LogP contribution is -2.37. The van der Waals surface area contributed by atoms with Crippen molar-refractivity contribution in [2.45, 2.75) is 25.8 Å². The van der Waals surface area contributed by atoms with Crippen LogP contribution in [0.2, 0.25) is 0 Å². The van der Waals surface area contributed by atoms with E-state index in [1.807, 2.05) is 0 Å². The molecule has 0 unspecified atom stereocenters. The Kier molecular flexibility index (Phi) is 4.29. The predicted octanol–water partition coefficient (Wildman–Crippen LogP) is 0.902. The van der Waals surface area contributed by atoms with E-state index in [1.54, 1.807) is 31.2 Å². The van der Waals surface area contributed by atoms with Gasteiger partial charge in [0.1, 0.15) is 0 Å². The Morgan fingerprint density at radius 1 is 1.30 bits per heavy atom. The summed E-state index contributed by atoms with van der Waals surface area (Å²) in [7, 11) is -3.20. The van der Waals surface area contributed by atoms with E-state index in [0.717, 1.165) is 6.42 Å². The van der Waals surface area contributed by atoms with Crippen LogP contribution in [0.3, 0.4) is 0 Å². The highest BCUT2D eigenvalue weighted by Gasteiger charge is 2.25. The molecule has 110 valence electrons. The van der Waals surface area contributed by atoms with Crippen LogP contribution in [0.1, 0.15) is 19.8 Å². The van der Waals surface area contributed by atoms with Gasteiger partial charge in [-0.2, -0.15) is 0 Å². The van der Waals surface area contributed by atoms with Crippen molar-refractivity contribution in [1.29, 1.82) is 0 Å². The minimum Gasteiger partial charge on any atom is -0.325 e. The highest BCUT2D eigenvalue weighted by Crippen LogP contribution is 2.24. The lowest BCUT2D eigenvalue weighted by Gasteiger charge is -2.28. The number of rotatable bonds is 3. The van der Waals surface area contributed by atoms with E-state index in [9.17, 15) is 13.2 Å². The van der Waals surface area contributed by atoms with Gasteiger partial charge in [-0.1, -0.05) is 0 Å². The number of anilines is 2. The van der Waals surface area contributed by atoms with Crippen LogP contribution < -0.4 is 15.4 Å². The summed E-state index contributed by atoms with van der Waals surface area (Å²) in [6, 6.07) is 6.16. The van der Waals surface area contributed by atoms with Crippen molar-refractivity contribution >= 4 is 27.3 Å². The molecule has 1 saturated heterocycles. The van der Waals surface area contributed by atoms with Gasteiger partial charge in [0.05, 0.1) is 17.5 Å². The van der Waals surface area contributed by atoms with Crippen molar-refractivity contribution in [1.82, 2.24) is 0 Å². The maximum atomic E-state index is 12.0. The Morgan fingerprint density at radius 3 is 2.50 bits per heavy atom. The van der Waals surface area contributed by atoms with Gasteiger partial charge in [0.25, 0.3) is 0 Å². The molecule has 0 spiro atoms. The number of hydrogen-bond donors (Lipinski definition) is 2. The zero-order chi connectivity index (χ0) is 14.8. The first-order valence-electron chi connectivity index (χ1n) is 6.57. The fourth-order valence-corrected chi connectivity index (χ4v) is 3.69. The minimum atomic E-state index is -3.20. The summed E-state index contributed by atoms with van der Waals surface area (Å²) in [5.74, 6) is -0.0840. The molecule has 0 aliphatic carbocycles. The molecular weight excluding hydrogens is 278 g/mol. The van der Waals surface area contributed by atoms with Crippen LogP contribution in [-0.4, -0.2) is 32.7 Å². The SMILES string of the molecule is C[C@H](N)C(=O)Nc1ccc(N2CCCCS2(=O)=O)cc1. The van der Waals surface area contributed by atoms with E-state index < -0.39 is 16.1 Å². The van der Waals surface area contributed by atoms with Crippen LogP contribution in [0.15, 0.2) is 24.3 Å². The molecule has 1 atom stereocenters. The molecule has 1 amide bonds. The number of nitrogens with zero attached hydrogens (tertiary/aromatic N) is 1. The molecule has 0 aromatic heterocycles. The first-order chi connectivity index (χ1) is 9.40. The van der Waals surface area contributed by atoms with Crippen LogP contribution in [0, 0.1) is 0 Å². The van der Waals surface area contributed by atoms with Crippen LogP contribution in [0.4, 0.5) is 11.4 Å². The normalized spacial score (nSPS) is 19.4. The number of carbonyl (C=O) groups excluding carboxylic acids is 1. The van der Waals surface area contributed by atoms with Gasteiger partial charge in [0.2, 0.25) is 15.9 Å². The van der Waals surface area contributed by atoms with Crippen LogP contribution in [0.25, 0.3) is 0 Å². The van der Waals surface area contributed by atoms with Crippen LogP contribution in [-0.2, 0) is 14.8 Å². The third kappa shape index (κ3) is 3.29. The van der Waals surface area contributed by atoms with Crippen molar-refractivity contribution in [3.8, 4) is 0 Å². The summed E-state index contributed by atoms with van der Waals surface area (Å²) in [6.45, 7) is 2.11. The molecule has 0 saturated carbocycles. The minimum absolute atomic E-state index is 0.191. The van der Waals surface area contributed by atoms with Crippen molar-refractivity contribution in [2.24, 2.45) is 5.73 Å². The summed E-state index contributed by atoms with van der Waals surface area (Å²) >= 11 is 0. The smallest absolute Gasteiger partial charge is 0.240 e. The Bertz CT molecular complexity index is 581. The summed E-state index contributed by atoms with van der Waals surface area (Å²) in [4.78, 5) is 11.5. The fraction of sp³-hybridized carbons (Fsp3) is 0.462. The van der Waals surface area contributed by atoms with Gasteiger partial charge in [-0.05, 0) is 44.0 Å². The Hall–Kier alpha value is -1.60. The summed E-state index contributed by atoms with van der Waals surface area (Å²) in [5.41, 5.74) is 6.70. The topological polar surface area (TPSA) is 92.5 Å². The van der Waals surface area contributed by atoms with E-state index in [4.69, 9.17) is 5.73 Å². The molecule has 0 bridgehead atoms. The van der Waals surface area contributed by atoms with E-state index >= 15 is 0 Å². The molecule has 1 heterocycles. The number of sulfonamides is 1. The number of carbonyl (C=O) groups is 1. The van der Waals surface area contributed by atoms with Crippen molar-refractivity contribution < 1.29 is 13.2 Å². The van der Waals surface area contributed by atoms with E-state index in [0.29, 0.717) is 24.3 Å². The van der Waals surface area contributed by atoms with Gasteiger partial charge in [0.15, 0.2) is 0 Å². The summed E-state index contributed by atoms with van der Waals surface area (Å²) < 4.78 is 25.4. The molecule has 1 aliphatic rings. The van der Waals surface area contributed by atoms with E-state index in [1.165, 1.54) is 4.31 Å². The molecule has 3 N–H and O–H groups in total. The summed E-state index contributed by atoms with van der Waals surface area (Å²) in [5, 5.41) is 2.66. The standard InChI is InChI=1S/C13H19N3O3S/c1-10(14)13(17)15-11-4-6-12(7-5-11)16-8-2-3-9-20(16,18)19/h4-7,10H,2-3,8-9,14H2,1H3,(H,15,17)/t10-/m0/s1. The second kappa shape index (κ2) is 5.80. The average molecular weight is 297 g/mol. The lowest BCUT2D eigenvalue weighted by molar-refractivity contribution is -0.117. The largest absolute Gasteiger partial charge is 0.325 e. The van der Waals surface area contributed by atoms with Gasteiger partial charge in [-0.25, -0.2) is 8.42 Å². The van der Waals surface area contributed by atoms with Crippen molar-refractivity contribution in [2.75, 3.05) is 21.9 Å². The summed E-state index contributed by atoms with van der Waals surface area (Å²) in [6.07, 6.45) is 1.57. The highest BCUT2D eigenvalue weighted by atomic mass is 32.2. The maximum Gasteiger partial charge on any atom is 0.240 e. The first kappa shape index (κ1) is 14.8. The third-order valence-electron chi connectivity index (χ3n) is 3.19. The second-order valence-electron chi connectivity index (χ2n) is 4.92. The Morgan fingerprint density at radius 2 is 1.95 bits per heavy atom. The molecule has 20 heavy (non-hydrogen) atoms. The molecule has 0 radical (unpaired) electrons. The maximum absolute atomic E-state index is 12.0. The quantitative estimate of drug-likeness (QED) is 0.867. The number of benzene rings is 1. The van der Waals surface area contributed by atoms with Gasteiger partial charge < -0.3 is 11.1 Å². The molecule has 6 nitrogen and oxygen atoms in total. The zero-order valence-corrected chi connectivity index (χ0v) is 12.2. The first-order valence-corrected chi connectivity index (χ1v) is 8.18.